The van der Waals surface area contributed by atoms with E-state index in [2.05, 4.69) is 13.8 Å². The van der Waals surface area contributed by atoms with E-state index >= 15 is 0 Å². The molecular formula is C22H45KO4S. The maximum absolute atomic E-state index is 11.5. The Morgan fingerprint density at radius 3 is 1.43 bits per heavy atom. The molecular weight excluding hydrogens is 399 g/mol. The summed E-state index contributed by atoms with van der Waals surface area (Å²) in [5.41, 5.74) is 0. The predicted molar refractivity (Wildman–Crippen MR) is 114 cm³/mol. The molecule has 4 nitrogen and oxygen atoms in total. The van der Waals surface area contributed by atoms with Gasteiger partial charge in [0, 0.05) is 5.25 Å². The Morgan fingerprint density at radius 2 is 1.00 bits per heavy atom. The summed E-state index contributed by atoms with van der Waals surface area (Å²) in [6.45, 7) is 4.32. The van der Waals surface area contributed by atoms with E-state index in [1.165, 1.54) is 19.3 Å². The van der Waals surface area contributed by atoms with Crippen molar-refractivity contribution in [1.29, 1.82) is 0 Å². The van der Waals surface area contributed by atoms with Crippen LogP contribution in [-0.2, 0) is 10.1 Å². The van der Waals surface area contributed by atoms with Gasteiger partial charge in [0.25, 0.3) is 0 Å². The molecule has 2 unspecified atom stereocenters. The van der Waals surface area contributed by atoms with E-state index in [1.54, 1.807) is 0 Å². The summed E-state index contributed by atoms with van der Waals surface area (Å²) in [4.78, 5) is 0. The van der Waals surface area contributed by atoms with Gasteiger partial charge in [-0.3, -0.25) is 0 Å². The molecule has 0 aromatic rings. The number of aliphatic hydroxyl groups excluding tert-OH is 1. The predicted octanol–water partition coefficient (Wildman–Crippen LogP) is 3.33. The molecule has 0 heterocycles. The van der Waals surface area contributed by atoms with E-state index < -0.39 is 15.4 Å². The zero-order valence-electron chi connectivity index (χ0n) is 19.0. The van der Waals surface area contributed by atoms with Crippen molar-refractivity contribution in [2.24, 2.45) is 0 Å². The van der Waals surface area contributed by atoms with Gasteiger partial charge in [0.1, 0.15) is 0 Å². The maximum atomic E-state index is 11.5. The van der Waals surface area contributed by atoms with Gasteiger partial charge in [-0.05, 0) is 25.7 Å². The fourth-order valence-electron chi connectivity index (χ4n) is 3.63. The molecule has 0 aliphatic carbocycles. The second-order valence-corrected chi connectivity index (χ2v) is 9.82. The van der Waals surface area contributed by atoms with E-state index in [0.717, 1.165) is 83.5 Å². The van der Waals surface area contributed by atoms with Gasteiger partial charge in [-0.15, -0.1) is 0 Å². The van der Waals surface area contributed by atoms with Crippen molar-refractivity contribution in [3.8, 4) is 0 Å². The Balaban J connectivity index is 0. The van der Waals surface area contributed by atoms with Gasteiger partial charge < -0.3 is 9.66 Å². The first-order valence-corrected chi connectivity index (χ1v) is 13.0. The monoisotopic (exact) mass is 444 g/mol. The van der Waals surface area contributed by atoms with E-state index in [-0.39, 0.29) is 57.5 Å². The topological polar surface area (TPSA) is 77.4 Å². The summed E-state index contributed by atoms with van der Waals surface area (Å²) >= 11 is 0. The quantitative estimate of drug-likeness (QED) is 0.177. The SMILES string of the molecule is CCCCCCCCC(CCCCCCCCC(O)CCCC)S(=O)(=O)[O-].[K+]. The average Bonchev–Trinajstić information content (AvgIpc) is 2.62. The smallest absolute Gasteiger partial charge is 0.748 e. The van der Waals surface area contributed by atoms with E-state index in [0.29, 0.717) is 12.8 Å². The third-order valence-corrected chi connectivity index (χ3v) is 6.78. The van der Waals surface area contributed by atoms with Crippen molar-refractivity contribution in [2.45, 2.75) is 141 Å². The molecule has 0 spiro atoms. The average molecular weight is 445 g/mol. The Bertz CT molecular complexity index is 415. The van der Waals surface area contributed by atoms with Crippen LogP contribution in [0.25, 0.3) is 0 Å². The van der Waals surface area contributed by atoms with Crippen molar-refractivity contribution < 1.29 is 69.5 Å². The maximum Gasteiger partial charge on any atom is 1.00 e. The van der Waals surface area contributed by atoms with Gasteiger partial charge in [0.15, 0.2) is 0 Å². The molecule has 2 atom stereocenters. The summed E-state index contributed by atoms with van der Waals surface area (Å²) in [6, 6.07) is 0. The van der Waals surface area contributed by atoms with Crippen LogP contribution in [0.3, 0.4) is 0 Å². The normalized spacial score (nSPS) is 13.9. The number of hydrogen-bond acceptors (Lipinski definition) is 4. The zero-order valence-corrected chi connectivity index (χ0v) is 22.9. The second-order valence-electron chi connectivity index (χ2n) is 8.17. The first kappa shape index (κ1) is 31.7. The number of aliphatic hydroxyl groups is 1. The summed E-state index contributed by atoms with van der Waals surface area (Å²) in [5, 5.41) is 9.12. The Morgan fingerprint density at radius 1 is 0.643 bits per heavy atom. The molecule has 0 saturated heterocycles. The third-order valence-electron chi connectivity index (χ3n) is 5.49. The first-order chi connectivity index (χ1) is 12.9. The fourth-order valence-corrected chi connectivity index (χ4v) is 4.54. The fraction of sp³-hybridized carbons (Fsp3) is 1.00. The molecule has 0 aliphatic heterocycles. The molecule has 28 heavy (non-hydrogen) atoms. The molecule has 0 radical (unpaired) electrons. The van der Waals surface area contributed by atoms with Crippen LogP contribution in [0.4, 0.5) is 0 Å². The van der Waals surface area contributed by atoms with Crippen LogP contribution in [0.15, 0.2) is 0 Å². The first-order valence-electron chi connectivity index (χ1n) is 11.5. The molecule has 0 bridgehead atoms. The molecule has 0 saturated carbocycles. The van der Waals surface area contributed by atoms with Gasteiger partial charge in [-0.2, -0.15) is 0 Å². The van der Waals surface area contributed by atoms with Gasteiger partial charge in [0.05, 0.1) is 16.2 Å². The summed E-state index contributed by atoms with van der Waals surface area (Å²) in [7, 11) is -4.16. The van der Waals surface area contributed by atoms with Gasteiger partial charge >= 0.3 is 51.4 Å². The van der Waals surface area contributed by atoms with Crippen LogP contribution in [0.2, 0.25) is 0 Å². The summed E-state index contributed by atoms with van der Waals surface area (Å²) < 4.78 is 34.4. The minimum atomic E-state index is -4.16. The molecule has 0 aromatic heterocycles. The minimum absolute atomic E-state index is 0. The van der Waals surface area contributed by atoms with Crippen molar-refractivity contribution >= 4 is 10.1 Å². The number of unbranched alkanes of at least 4 members (excludes halogenated alkanes) is 11. The van der Waals surface area contributed by atoms with Crippen LogP contribution in [-0.4, -0.2) is 29.4 Å². The molecule has 6 heteroatoms. The Labute approximate surface area is 218 Å². The van der Waals surface area contributed by atoms with E-state index in [9.17, 15) is 18.1 Å². The minimum Gasteiger partial charge on any atom is -0.748 e. The molecule has 1 N–H and O–H groups in total. The van der Waals surface area contributed by atoms with Crippen LogP contribution < -0.4 is 51.4 Å². The summed E-state index contributed by atoms with van der Waals surface area (Å²) in [6.07, 6.45) is 17.9. The summed E-state index contributed by atoms with van der Waals surface area (Å²) in [5.74, 6) is 0. The molecule has 0 rings (SSSR count). The molecule has 0 aliphatic rings. The number of rotatable bonds is 20. The van der Waals surface area contributed by atoms with E-state index in [4.69, 9.17) is 0 Å². The van der Waals surface area contributed by atoms with Crippen molar-refractivity contribution in [1.82, 2.24) is 0 Å². The largest absolute Gasteiger partial charge is 1.00 e. The molecule has 0 aromatic carbocycles. The molecule has 164 valence electrons. The zero-order chi connectivity index (χ0) is 20.4. The van der Waals surface area contributed by atoms with Crippen LogP contribution >= 0.6 is 0 Å². The van der Waals surface area contributed by atoms with Gasteiger partial charge in [-0.1, -0.05) is 104 Å². The second kappa shape index (κ2) is 21.7. The standard InChI is InChI=1S/C22H46O4S.K/c1-3-5-7-8-12-15-19-22(27(24,25)26)20-16-13-10-9-11-14-18-21(23)17-6-4-2;/h21-23H,3-20H2,1-2H3,(H,24,25,26);/q;+1/p-1. The van der Waals surface area contributed by atoms with Crippen LogP contribution in [0, 0.1) is 0 Å². The molecule has 0 amide bonds. The Hall–Kier alpha value is 1.51. The van der Waals surface area contributed by atoms with Gasteiger partial charge in [-0.25, -0.2) is 8.42 Å². The van der Waals surface area contributed by atoms with Crippen molar-refractivity contribution in [2.75, 3.05) is 0 Å². The van der Waals surface area contributed by atoms with Crippen LogP contribution in [0.5, 0.6) is 0 Å². The van der Waals surface area contributed by atoms with E-state index in [1.807, 2.05) is 0 Å². The van der Waals surface area contributed by atoms with Crippen molar-refractivity contribution in [3.05, 3.63) is 0 Å². The van der Waals surface area contributed by atoms with Crippen molar-refractivity contribution in [3.63, 3.8) is 0 Å². The molecule has 0 fully saturated rings. The number of hydrogen-bond donors (Lipinski definition) is 1. The third kappa shape index (κ3) is 20.8. The van der Waals surface area contributed by atoms with Crippen LogP contribution in [0.1, 0.15) is 129 Å². The Kier molecular flexibility index (Phi) is 24.6. The van der Waals surface area contributed by atoms with Gasteiger partial charge in [0.2, 0.25) is 0 Å².